The van der Waals surface area contributed by atoms with Gasteiger partial charge in [-0.2, -0.15) is 11.8 Å². The molecule has 18 heavy (non-hydrogen) atoms. The molecule has 1 aliphatic rings. The van der Waals surface area contributed by atoms with Gasteiger partial charge in [-0.15, -0.1) is 0 Å². The van der Waals surface area contributed by atoms with E-state index < -0.39 is 0 Å². The molecule has 0 spiro atoms. The van der Waals surface area contributed by atoms with Crippen molar-refractivity contribution in [2.45, 2.75) is 31.4 Å². The number of thiocarbonyl (C=S) groups is 1. The number of hydrogen-bond acceptors (Lipinski definition) is 3. The lowest BCUT2D eigenvalue weighted by atomic mass is 10.1. The van der Waals surface area contributed by atoms with Gasteiger partial charge < -0.3 is 11.1 Å². The van der Waals surface area contributed by atoms with Gasteiger partial charge in [-0.05, 0) is 43.2 Å². The van der Waals surface area contributed by atoms with Crippen LogP contribution in [0.2, 0.25) is 0 Å². The lowest BCUT2D eigenvalue weighted by Crippen LogP contribution is -2.22. The van der Waals surface area contributed by atoms with Crippen molar-refractivity contribution in [2.75, 3.05) is 17.6 Å². The number of anilines is 1. The predicted octanol–water partition coefficient (Wildman–Crippen LogP) is 3.33. The number of nitrogens with one attached hydrogen (secondary N) is 1. The second kappa shape index (κ2) is 6.43. The van der Waals surface area contributed by atoms with Gasteiger partial charge in [0.05, 0.1) is 0 Å². The maximum atomic E-state index is 5.76. The molecule has 1 unspecified atom stereocenters. The van der Waals surface area contributed by atoms with Crippen LogP contribution in [0.5, 0.6) is 0 Å². The number of thioether (sulfide) groups is 1. The molecule has 0 amide bonds. The first-order valence-electron chi connectivity index (χ1n) is 6.43. The van der Waals surface area contributed by atoms with Crippen molar-refractivity contribution in [3.63, 3.8) is 0 Å². The van der Waals surface area contributed by atoms with E-state index in [9.17, 15) is 0 Å². The van der Waals surface area contributed by atoms with E-state index in [1.807, 2.05) is 6.07 Å². The monoisotopic (exact) mass is 280 g/mol. The fourth-order valence-corrected chi connectivity index (χ4v) is 3.63. The zero-order valence-electron chi connectivity index (χ0n) is 10.7. The Labute approximate surface area is 119 Å². The van der Waals surface area contributed by atoms with Gasteiger partial charge in [-0.1, -0.05) is 24.7 Å². The Balaban J connectivity index is 2.03. The highest BCUT2D eigenvalue weighted by Gasteiger charge is 2.14. The summed E-state index contributed by atoms with van der Waals surface area (Å²) >= 11 is 7.17. The molecular formula is C14H20N2S2. The SMILES string of the molecule is Cc1ccc(C(N)=S)c(NCC2CCCCS2)c1. The van der Waals surface area contributed by atoms with Crippen LogP contribution in [0.1, 0.15) is 30.4 Å². The molecule has 1 heterocycles. The summed E-state index contributed by atoms with van der Waals surface area (Å²) in [6, 6.07) is 6.19. The van der Waals surface area contributed by atoms with Crippen LogP contribution < -0.4 is 11.1 Å². The number of aryl methyl sites for hydroxylation is 1. The maximum Gasteiger partial charge on any atom is 0.106 e. The largest absolute Gasteiger partial charge is 0.389 e. The van der Waals surface area contributed by atoms with E-state index in [1.165, 1.54) is 30.6 Å². The van der Waals surface area contributed by atoms with Gasteiger partial charge in [0, 0.05) is 23.0 Å². The smallest absolute Gasteiger partial charge is 0.106 e. The predicted molar refractivity (Wildman–Crippen MR) is 85.7 cm³/mol. The number of rotatable bonds is 4. The third-order valence-corrected chi connectivity index (χ3v) is 4.85. The molecule has 1 aromatic rings. The highest BCUT2D eigenvalue weighted by atomic mass is 32.2. The van der Waals surface area contributed by atoms with Crippen molar-refractivity contribution in [1.29, 1.82) is 0 Å². The average molecular weight is 280 g/mol. The molecule has 0 radical (unpaired) electrons. The third-order valence-electron chi connectivity index (χ3n) is 3.23. The number of nitrogens with two attached hydrogens (primary N) is 1. The molecule has 0 saturated carbocycles. The van der Waals surface area contributed by atoms with Crippen LogP contribution in [-0.4, -0.2) is 22.5 Å². The van der Waals surface area contributed by atoms with Crippen molar-refractivity contribution >= 4 is 34.7 Å². The summed E-state index contributed by atoms with van der Waals surface area (Å²) in [6.45, 7) is 3.09. The fourth-order valence-electron chi connectivity index (χ4n) is 2.21. The number of hydrogen-bond donors (Lipinski definition) is 2. The summed E-state index contributed by atoms with van der Waals surface area (Å²) in [7, 11) is 0. The van der Waals surface area contributed by atoms with E-state index in [0.29, 0.717) is 4.99 Å². The molecule has 1 aliphatic heterocycles. The van der Waals surface area contributed by atoms with Crippen molar-refractivity contribution in [2.24, 2.45) is 5.73 Å². The molecular weight excluding hydrogens is 260 g/mol. The van der Waals surface area contributed by atoms with Gasteiger partial charge in [0.2, 0.25) is 0 Å². The summed E-state index contributed by atoms with van der Waals surface area (Å²) < 4.78 is 0. The van der Waals surface area contributed by atoms with E-state index in [1.54, 1.807) is 0 Å². The first-order valence-corrected chi connectivity index (χ1v) is 7.88. The molecule has 2 nitrogen and oxygen atoms in total. The van der Waals surface area contributed by atoms with Crippen LogP contribution >= 0.6 is 24.0 Å². The van der Waals surface area contributed by atoms with Crippen LogP contribution in [0, 0.1) is 6.92 Å². The topological polar surface area (TPSA) is 38.0 Å². The minimum absolute atomic E-state index is 0.466. The molecule has 1 fully saturated rings. The molecule has 4 heteroatoms. The van der Waals surface area contributed by atoms with Crippen LogP contribution in [0.3, 0.4) is 0 Å². The van der Waals surface area contributed by atoms with E-state index in [-0.39, 0.29) is 0 Å². The maximum absolute atomic E-state index is 5.76. The summed E-state index contributed by atoms with van der Waals surface area (Å²) in [4.78, 5) is 0.466. The Bertz CT molecular complexity index is 426. The Kier molecular flexibility index (Phi) is 4.89. The van der Waals surface area contributed by atoms with Gasteiger partial charge in [0.25, 0.3) is 0 Å². The van der Waals surface area contributed by atoms with Crippen LogP contribution in [0.25, 0.3) is 0 Å². The first kappa shape index (κ1) is 13.7. The molecule has 98 valence electrons. The molecule has 0 aliphatic carbocycles. The Morgan fingerprint density at radius 1 is 1.50 bits per heavy atom. The van der Waals surface area contributed by atoms with Crippen molar-refractivity contribution < 1.29 is 0 Å². The summed E-state index contributed by atoms with van der Waals surface area (Å²) in [5, 5.41) is 4.24. The first-order chi connectivity index (χ1) is 8.66. The molecule has 0 aromatic heterocycles. The zero-order chi connectivity index (χ0) is 13.0. The lowest BCUT2D eigenvalue weighted by Gasteiger charge is -2.22. The standard InChI is InChI=1S/C14H20N2S2/c1-10-5-6-12(14(15)17)13(8-10)16-9-11-4-2-3-7-18-11/h5-6,8,11,16H,2-4,7,9H2,1H3,(H2,15,17). The number of benzene rings is 1. The van der Waals surface area contributed by atoms with Crippen molar-refractivity contribution in [1.82, 2.24) is 0 Å². The Morgan fingerprint density at radius 3 is 3.00 bits per heavy atom. The van der Waals surface area contributed by atoms with Gasteiger partial charge in [-0.3, -0.25) is 0 Å². The molecule has 2 rings (SSSR count). The summed E-state index contributed by atoms with van der Waals surface area (Å²) in [6.07, 6.45) is 4.03. The molecule has 1 atom stereocenters. The molecule has 0 bridgehead atoms. The minimum Gasteiger partial charge on any atom is -0.389 e. The van der Waals surface area contributed by atoms with E-state index in [4.69, 9.17) is 18.0 Å². The van der Waals surface area contributed by atoms with E-state index in [0.717, 1.165) is 23.0 Å². The van der Waals surface area contributed by atoms with Crippen molar-refractivity contribution in [3.05, 3.63) is 29.3 Å². The second-order valence-electron chi connectivity index (χ2n) is 4.78. The highest BCUT2D eigenvalue weighted by Crippen LogP contribution is 2.26. The highest BCUT2D eigenvalue weighted by molar-refractivity contribution is 7.99. The van der Waals surface area contributed by atoms with Gasteiger partial charge in [0.15, 0.2) is 0 Å². The van der Waals surface area contributed by atoms with Crippen LogP contribution in [-0.2, 0) is 0 Å². The Morgan fingerprint density at radius 2 is 2.33 bits per heavy atom. The third kappa shape index (κ3) is 3.62. The lowest BCUT2D eigenvalue weighted by molar-refractivity contribution is 0.677. The van der Waals surface area contributed by atoms with Gasteiger partial charge in [0.1, 0.15) is 4.99 Å². The minimum atomic E-state index is 0.466. The normalized spacial score (nSPS) is 19.5. The Hall–Kier alpha value is -0.740. The molecule has 1 saturated heterocycles. The van der Waals surface area contributed by atoms with E-state index >= 15 is 0 Å². The van der Waals surface area contributed by atoms with Gasteiger partial charge >= 0.3 is 0 Å². The average Bonchev–Trinajstić information content (AvgIpc) is 2.37. The zero-order valence-corrected chi connectivity index (χ0v) is 12.4. The molecule has 1 aromatic carbocycles. The van der Waals surface area contributed by atoms with Crippen LogP contribution in [0.15, 0.2) is 18.2 Å². The second-order valence-corrected chi connectivity index (χ2v) is 6.63. The summed E-state index contributed by atoms with van der Waals surface area (Å²) in [5.41, 5.74) is 9.02. The quantitative estimate of drug-likeness (QED) is 0.830. The summed E-state index contributed by atoms with van der Waals surface area (Å²) in [5.74, 6) is 1.29. The fraction of sp³-hybridized carbons (Fsp3) is 0.500. The molecule has 3 N–H and O–H groups in total. The van der Waals surface area contributed by atoms with E-state index in [2.05, 4.69) is 36.1 Å². The van der Waals surface area contributed by atoms with Crippen molar-refractivity contribution in [3.8, 4) is 0 Å². The van der Waals surface area contributed by atoms with Gasteiger partial charge in [-0.25, -0.2) is 0 Å². The van der Waals surface area contributed by atoms with Crippen LogP contribution in [0.4, 0.5) is 5.69 Å².